The van der Waals surface area contributed by atoms with Gasteiger partial charge >= 0.3 is 0 Å². The molecule has 0 amide bonds. The van der Waals surface area contributed by atoms with Crippen LogP contribution in [0.15, 0.2) is 30.3 Å². The van der Waals surface area contributed by atoms with E-state index >= 15 is 0 Å². The van der Waals surface area contributed by atoms with Gasteiger partial charge in [-0.25, -0.2) is 14.4 Å². The lowest BCUT2D eigenvalue weighted by molar-refractivity contribution is 0.600. The number of nitrogens with zero attached hydrogens (tertiary/aromatic N) is 2. The van der Waals surface area contributed by atoms with Gasteiger partial charge in [-0.3, -0.25) is 0 Å². The smallest absolute Gasteiger partial charge is 0.132 e. The Morgan fingerprint density at radius 2 is 2.00 bits per heavy atom. The summed E-state index contributed by atoms with van der Waals surface area (Å²) in [5, 5.41) is 3.11. The van der Waals surface area contributed by atoms with Crippen LogP contribution in [0.25, 0.3) is 0 Å². The third-order valence-corrected chi connectivity index (χ3v) is 2.59. The fourth-order valence-electron chi connectivity index (χ4n) is 1.79. The number of hydrogen-bond acceptors (Lipinski definition) is 4. The number of rotatable bonds is 3. The fraction of sp³-hybridized carbons (Fsp3) is 0.231. The molecule has 0 aliphatic rings. The molecular weight excluding hydrogens is 231 g/mol. The van der Waals surface area contributed by atoms with Gasteiger partial charge in [0.15, 0.2) is 0 Å². The molecule has 0 fully saturated rings. The summed E-state index contributed by atoms with van der Waals surface area (Å²) in [5.74, 6) is 1.33. The molecule has 1 aromatic carbocycles. The lowest BCUT2D eigenvalue weighted by Crippen LogP contribution is -2.11. The van der Waals surface area contributed by atoms with Gasteiger partial charge in [0.25, 0.3) is 0 Å². The van der Waals surface area contributed by atoms with Gasteiger partial charge < -0.3 is 11.1 Å². The number of nitrogen functional groups attached to an aromatic ring is 1. The van der Waals surface area contributed by atoms with Gasteiger partial charge in [0.2, 0.25) is 0 Å². The number of nitrogens with two attached hydrogens (primary N) is 1. The molecule has 0 saturated heterocycles. The monoisotopic (exact) mass is 246 g/mol. The lowest BCUT2D eigenvalue weighted by atomic mass is 10.1. The predicted molar refractivity (Wildman–Crippen MR) is 69.6 cm³/mol. The van der Waals surface area contributed by atoms with Crippen molar-refractivity contribution in [3.63, 3.8) is 0 Å². The first kappa shape index (κ1) is 12.3. The van der Waals surface area contributed by atoms with E-state index in [0.717, 1.165) is 0 Å². The first-order chi connectivity index (χ1) is 8.56. The average molecular weight is 246 g/mol. The molecule has 2 rings (SSSR count). The summed E-state index contributed by atoms with van der Waals surface area (Å²) in [5.41, 5.74) is 6.23. The number of hydrogen-bond donors (Lipinski definition) is 2. The number of benzene rings is 1. The SMILES string of the molecule is Cc1nc(N)cc(NC(C)c2ccccc2F)n1. The van der Waals surface area contributed by atoms with Crippen molar-refractivity contribution in [1.82, 2.24) is 9.97 Å². The summed E-state index contributed by atoms with van der Waals surface area (Å²) in [4.78, 5) is 8.19. The molecule has 5 heteroatoms. The molecular formula is C13H15FN4. The number of halogens is 1. The lowest BCUT2D eigenvalue weighted by Gasteiger charge is -2.16. The van der Waals surface area contributed by atoms with Crippen molar-refractivity contribution in [1.29, 1.82) is 0 Å². The zero-order valence-corrected chi connectivity index (χ0v) is 10.3. The van der Waals surface area contributed by atoms with E-state index in [0.29, 0.717) is 23.0 Å². The molecule has 0 aliphatic heterocycles. The van der Waals surface area contributed by atoms with Crippen LogP contribution in [0.5, 0.6) is 0 Å². The minimum Gasteiger partial charge on any atom is -0.384 e. The Morgan fingerprint density at radius 3 is 2.67 bits per heavy atom. The molecule has 18 heavy (non-hydrogen) atoms. The Bertz CT molecular complexity index is 536. The zero-order valence-electron chi connectivity index (χ0n) is 10.3. The van der Waals surface area contributed by atoms with Crippen molar-refractivity contribution >= 4 is 11.6 Å². The maximum absolute atomic E-state index is 13.6. The second-order valence-corrected chi connectivity index (χ2v) is 4.11. The molecule has 2 aromatic rings. The van der Waals surface area contributed by atoms with Crippen LogP contribution in [0.4, 0.5) is 16.0 Å². The van der Waals surface area contributed by atoms with Gasteiger partial charge in [0.05, 0.1) is 6.04 Å². The fourth-order valence-corrected chi connectivity index (χ4v) is 1.79. The van der Waals surface area contributed by atoms with Crippen LogP contribution in [0.3, 0.4) is 0 Å². The van der Waals surface area contributed by atoms with Gasteiger partial charge in [-0.05, 0) is 19.9 Å². The molecule has 0 radical (unpaired) electrons. The highest BCUT2D eigenvalue weighted by atomic mass is 19.1. The van der Waals surface area contributed by atoms with E-state index in [1.165, 1.54) is 6.07 Å². The van der Waals surface area contributed by atoms with E-state index in [9.17, 15) is 4.39 Å². The molecule has 0 spiro atoms. The number of anilines is 2. The molecule has 1 aromatic heterocycles. The van der Waals surface area contributed by atoms with Crippen molar-refractivity contribution in [3.8, 4) is 0 Å². The summed E-state index contributed by atoms with van der Waals surface area (Å²) in [6, 6.07) is 8.08. The third kappa shape index (κ3) is 2.74. The molecule has 1 unspecified atom stereocenters. The first-order valence-corrected chi connectivity index (χ1v) is 5.68. The molecule has 4 nitrogen and oxygen atoms in total. The highest BCUT2D eigenvalue weighted by molar-refractivity contribution is 5.46. The van der Waals surface area contributed by atoms with E-state index in [1.807, 2.05) is 6.92 Å². The first-order valence-electron chi connectivity index (χ1n) is 5.68. The van der Waals surface area contributed by atoms with Crippen molar-refractivity contribution in [2.45, 2.75) is 19.9 Å². The minimum absolute atomic E-state index is 0.195. The minimum atomic E-state index is -0.240. The summed E-state index contributed by atoms with van der Waals surface area (Å²) >= 11 is 0. The largest absolute Gasteiger partial charge is 0.384 e. The van der Waals surface area contributed by atoms with Gasteiger partial charge in [0.1, 0.15) is 23.3 Å². The van der Waals surface area contributed by atoms with E-state index < -0.39 is 0 Å². The second kappa shape index (κ2) is 5.00. The number of aromatic nitrogens is 2. The van der Waals surface area contributed by atoms with Crippen molar-refractivity contribution in [2.24, 2.45) is 0 Å². The van der Waals surface area contributed by atoms with Crippen LogP contribution in [-0.4, -0.2) is 9.97 Å². The second-order valence-electron chi connectivity index (χ2n) is 4.11. The van der Waals surface area contributed by atoms with Gasteiger partial charge in [-0.1, -0.05) is 18.2 Å². The van der Waals surface area contributed by atoms with E-state index in [-0.39, 0.29) is 11.9 Å². The van der Waals surface area contributed by atoms with Crippen LogP contribution < -0.4 is 11.1 Å². The molecule has 0 bridgehead atoms. The van der Waals surface area contributed by atoms with E-state index in [4.69, 9.17) is 5.73 Å². The summed E-state index contributed by atoms with van der Waals surface area (Å²) in [7, 11) is 0. The van der Waals surface area contributed by atoms with Gasteiger partial charge in [0, 0.05) is 11.6 Å². The Kier molecular flexibility index (Phi) is 3.41. The van der Waals surface area contributed by atoms with E-state index in [2.05, 4.69) is 15.3 Å². The average Bonchev–Trinajstić information content (AvgIpc) is 2.27. The molecule has 3 N–H and O–H groups in total. The maximum atomic E-state index is 13.6. The zero-order chi connectivity index (χ0) is 13.1. The number of aryl methyl sites for hydroxylation is 1. The summed E-state index contributed by atoms with van der Waals surface area (Å²) in [6.45, 7) is 3.63. The van der Waals surface area contributed by atoms with Crippen molar-refractivity contribution in [2.75, 3.05) is 11.1 Å². The van der Waals surface area contributed by atoms with Crippen LogP contribution in [0, 0.1) is 12.7 Å². The molecule has 1 heterocycles. The maximum Gasteiger partial charge on any atom is 0.132 e. The summed E-state index contributed by atoms with van der Waals surface area (Å²) < 4.78 is 13.6. The topological polar surface area (TPSA) is 63.8 Å². The highest BCUT2D eigenvalue weighted by Gasteiger charge is 2.11. The quantitative estimate of drug-likeness (QED) is 0.874. The molecule has 1 atom stereocenters. The van der Waals surface area contributed by atoms with Crippen molar-refractivity contribution in [3.05, 3.63) is 47.5 Å². The third-order valence-electron chi connectivity index (χ3n) is 2.59. The molecule has 94 valence electrons. The Hall–Kier alpha value is -2.17. The van der Waals surface area contributed by atoms with Crippen LogP contribution >= 0.6 is 0 Å². The standard InChI is InChI=1S/C13H15FN4/c1-8(10-5-3-4-6-11(10)14)16-13-7-12(15)17-9(2)18-13/h3-8H,1-2H3,(H3,15,16,17,18). The predicted octanol–water partition coefficient (Wildman–Crippen LogP) is 2.68. The van der Waals surface area contributed by atoms with Gasteiger partial charge in [-0.2, -0.15) is 0 Å². The summed E-state index contributed by atoms with van der Waals surface area (Å²) in [6.07, 6.45) is 0. The number of nitrogens with one attached hydrogen (secondary N) is 1. The Morgan fingerprint density at radius 1 is 1.28 bits per heavy atom. The van der Waals surface area contributed by atoms with Crippen LogP contribution in [0.1, 0.15) is 24.4 Å². The molecule has 0 saturated carbocycles. The Balaban J connectivity index is 2.21. The molecule has 0 aliphatic carbocycles. The normalized spacial score (nSPS) is 12.2. The van der Waals surface area contributed by atoms with Crippen LogP contribution in [0.2, 0.25) is 0 Å². The van der Waals surface area contributed by atoms with E-state index in [1.54, 1.807) is 31.2 Å². The van der Waals surface area contributed by atoms with Crippen molar-refractivity contribution < 1.29 is 4.39 Å². The van der Waals surface area contributed by atoms with Gasteiger partial charge in [-0.15, -0.1) is 0 Å². The Labute approximate surface area is 105 Å². The highest BCUT2D eigenvalue weighted by Crippen LogP contribution is 2.21. The van der Waals surface area contributed by atoms with Crippen LogP contribution in [-0.2, 0) is 0 Å².